The smallest absolute Gasteiger partial charge is 0.341 e. The predicted octanol–water partition coefficient (Wildman–Crippen LogP) is 1.88. The van der Waals surface area contributed by atoms with E-state index in [1.807, 2.05) is 0 Å². The lowest BCUT2D eigenvalue weighted by Gasteiger charge is -2.16. The Labute approximate surface area is 129 Å². The highest BCUT2D eigenvalue weighted by molar-refractivity contribution is 5.96. The number of carboxylic acids is 1. The fourth-order valence-electron chi connectivity index (χ4n) is 1.92. The molecule has 1 aromatic carbocycles. The van der Waals surface area contributed by atoms with Gasteiger partial charge in [0.2, 0.25) is 5.75 Å². The molecular weight excluding hydrogens is 311 g/mol. The monoisotopic (exact) mass is 322 g/mol. The Kier molecular flexibility index (Phi) is 4.39. The van der Waals surface area contributed by atoms with E-state index >= 15 is 0 Å². The number of nitrogens with zero attached hydrogens (tertiary/aromatic N) is 1. The van der Waals surface area contributed by atoms with E-state index < -0.39 is 34.1 Å². The van der Waals surface area contributed by atoms with Gasteiger partial charge in [0.05, 0.1) is 16.1 Å². The second kappa shape index (κ2) is 6.26. The third-order valence-electron chi connectivity index (χ3n) is 3.14. The van der Waals surface area contributed by atoms with Crippen molar-refractivity contribution in [1.82, 2.24) is 5.32 Å². The van der Waals surface area contributed by atoms with Crippen molar-refractivity contribution in [1.29, 1.82) is 0 Å². The molecule has 2 rings (SSSR count). The number of allylic oxidation sites excluding steroid dienone is 1. The molecule has 0 radical (unpaired) electrons. The summed E-state index contributed by atoms with van der Waals surface area (Å²) in [6, 6.07) is 3.02. The Balaban J connectivity index is 2.25. The number of nitro benzene ring substituents is 1. The lowest BCUT2D eigenvalue weighted by molar-refractivity contribution is -0.385. The quantitative estimate of drug-likeness (QED) is 0.376. The molecule has 0 bridgehead atoms. The average Bonchev–Trinajstić information content (AvgIpc) is 2.49. The molecule has 0 saturated heterocycles. The van der Waals surface area contributed by atoms with Gasteiger partial charge in [-0.2, -0.15) is 0 Å². The zero-order valence-electron chi connectivity index (χ0n) is 11.8. The fourth-order valence-corrected chi connectivity index (χ4v) is 1.92. The normalized spacial score (nSPS) is 13.9. The van der Waals surface area contributed by atoms with Crippen LogP contribution in [0.1, 0.15) is 13.3 Å². The van der Waals surface area contributed by atoms with E-state index in [1.54, 1.807) is 0 Å². The van der Waals surface area contributed by atoms with Gasteiger partial charge in [-0.1, -0.05) is 6.07 Å². The van der Waals surface area contributed by atoms with Crippen molar-refractivity contribution in [3.8, 4) is 5.75 Å². The highest BCUT2D eigenvalue weighted by Crippen LogP contribution is 2.31. The van der Waals surface area contributed by atoms with Crippen molar-refractivity contribution in [2.45, 2.75) is 13.3 Å². The largest absolute Gasteiger partial charge is 0.478 e. The van der Waals surface area contributed by atoms with Gasteiger partial charge in [0.1, 0.15) is 0 Å². The van der Waals surface area contributed by atoms with Crippen LogP contribution in [0.3, 0.4) is 0 Å². The molecule has 0 spiro atoms. The Morgan fingerprint density at radius 2 is 2.13 bits per heavy atom. The molecule has 2 N–H and O–H groups in total. The summed E-state index contributed by atoms with van der Waals surface area (Å²) < 4.78 is 18.4. The maximum Gasteiger partial charge on any atom is 0.341 e. The summed E-state index contributed by atoms with van der Waals surface area (Å²) in [6.07, 6.45) is 0.978. The first-order valence-corrected chi connectivity index (χ1v) is 6.35. The van der Waals surface area contributed by atoms with Gasteiger partial charge in [0, 0.05) is 24.4 Å². The van der Waals surface area contributed by atoms with Gasteiger partial charge in [-0.05, 0) is 13.0 Å². The minimum absolute atomic E-state index is 0.0533. The lowest BCUT2D eigenvalue weighted by Crippen LogP contribution is -2.23. The van der Waals surface area contributed by atoms with Crippen LogP contribution in [0, 0.1) is 15.9 Å². The molecule has 0 unspecified atom stereocenters. The second-order valence-electron chi connectivity index (χ2n) is 4.63. The Morgan fingerprint density at radius 3 is 2.74 bits per heavy atom. The fraction of sp³-hybridized carbons (Fsp3) is 0.143. The number of ether oxygens (including phenoxy) is 1. The number of para-hydroxylation sites is 1. The minimum atomic E-state index is -1.22. The van der Waals surface area contributed by atoms with Crippen molar-refractivity contribution in [2.24, 2.45) is 0 Å². The molecule has 0 fully saturated rings. The van der Waals surface area contributed by atoms with E-state index in [1.165, 1.54) is 13.1 Å². The summed E-state index contributed by atoms with van der Waals surface area (Å²) in [4.78, 5) is 33.1. The second-order valence-corrected chi connectivity index (χ2v) is 4.63. The van der Waals surface area contributed by atoms with Crippen LogP contribution in [0.4, 0.5) is 10.1 Å². The molecule has 0 aliphatic carbocycles. The molecule has 0 atom stereocenters. The van der Waals surface area contributed by atoms with Crippen molar-refractivity contribution in [3.63, 3.8) is 0 Å². The molecular formula is C14H11FN2O6. The number of carbonyl (C=O) groups is 2. The zero-order chi connectivity index (χ0) is 17.1. The lowest BCUT2D eigenvalue weighted by atomic mass is 10.0. The number of benzene rings is 1. The van der Waals surface area contributed by atoms with Gasteiger partial charge in [0.25, 0.3) is 0 Å². The molecule has 1 aromatic rings. The van der Waals surface area contributed by atoms with Crippen LogP contribution in [0.25, 0.3) is 0 Å². The van der Waals surface area contributed by atoms with E-state index in [0.29, 0.717) is 5.70 Å². The van der Waals surface area contributed by atoms with E-state index in [2.05, 4.69) is 5.32 Å². The number of nitrogens with one attached hydrogen (secondary N) is 1. The van der Waals surface area contributed by atoms with E-state index in [9.17, 15) is 24.1 Å². The van der Waals surface area contributed by atoms with E-state index in [4.69, 9.17) is 9.84 Å². The predicted molar refractivity (Wildman–Crippen MR) is 74.9 cm³/mol. The van der Waals surface area contributed by atoms with Crippen LogP contribution < -0.4 is 10.1 Å². The standard InChI is InChI=1S/C14H11FN2O6/c1-7-9(13(18)19)5-8(6-16-7)14(20)23-12-10(15)3-2-4-11(12)17(21)22/h2-4,6,16H,5H2,1H3,(H,18,19). The molecule has 120 valence electrons. The van der Waals surface area contributed by atoms with E-state index in [0.717, 1.165) is 18.2 Å². The highest BCUT2D eigenvalue weighted by Gasteiger charge is 2.27. The van der Waals surface area contributed by atoms with Gasteiger partial charge >= 0.3 is 17.6 Å². The number of aliphatic carboxylic acids is 1. The topological polar surface area (TPSA) is 119 Å². The molecule has 23 heavy (non-hydrogen) atoms. The molecule has 9 heteroatoms. The van der Waals surface area contributed by atoms with Gasteiger partial charge in [-0.25, -0.2) is 14.0 Å². The maximum atomic E-state index is 13.7. The number of rotatable bonds is 4. The van der Waals surface area contributed by atoms with Gasteiger partial charge < -0.3 is 15.2 Å². The third-order valence-corrected chi connectivity index (χ3v) is 3.14. The number of hydrogen-bond donors (Lipinski definition) is 2. The Hall–Kier alpha value is -3.23. The van der Waals surface area contributed by atoms with Gasteiger partial charge in [-0.15, -0.1) is 0 Å². The van der Waals surface area contributed by atoms with Crippen LogP contribution in [0.15, 0.2) is 41.2 Å². The van der Waals surface area contributed by atoms with Crippen molar-refractivity contribution >= 4 is 17.6 Å². The molecule has 1 aliphatic rings. The minimum Gasteiger partial charge on any atom is -0.478 e. The van der Waals surface area contributed by atoms with Crippen LogP contribution >= 0.6 is 0 Å². The van der Waals surface area contributed by atoms with E-state index in [-0.39, 0.29) is 17.6 Å². The molecule has 1 aliphatic heterocycles. The highest BCUT2D eigenvalue weighted by atomic mass is 19.1. The number of halogens is 1. The first kappa shape index (κ1) is 16.1. The third kappa shape index (κ3) is 3.34. The van der Waals surface area contributed by atoms with Crippen molar-refractivity contribution in [3.05, 3.63) is 57.2 Å². The van der Waals surface area contributed by atoms with Crippen molar-refractivity contribution in [2.75, 3.05) is 0 Å². The number of nitro groups is 1. The summed E-state index contributed by atoms with van der Waals surface area (Å²) >= 11 is 0. The SMILES string of the molecule is CC1=C(C(=O)O)CC(C(=O)Oc2c(F)cccc2[N+](=O)[O-])=CN1. The summed E-state index contributed by atoms with van der Waals surface area (Å²) in [5, 5.41) is 22.5. The molecule has 0 aromatic heterocycles. The number of carboxylic acid groups (broad SMARTS) is 1. The van der Waals surface area contributed by atoms with Gasteiger partial charge in [0.15, 0.2) is 5.82 Å². The molecule has 1 heterocycles. The van der Waals surface area contributed by atoms with Crippen LogP contribution in [-0.2, 0) is 9.59 Å². The molecule has 0 saturated carbocycles. The first-order valence-electron chi connectivity index (χ1n) is 6.35. The molecule has 0 amide bonds. The first-order chi connectivity index (χ1) is 10.8. The number of hydrogen-bond acceptors (Lipinski definition) is 6. The summed E-state index contributed by atoms with van der Waals surface area (Å²) in [6.45, 7) is 1.52. The van der Waals surface area contributed by atoms with Gasteiger partial charge in [-0.3, -0.25) is 10.1 Å². The maximum absolute atomic E-state index is 13.7. The number of carbonyl (C=O) groups excluding carboxylic acids is 1. The summed E-state index contributed by atoms with van der Waals surface area (Å²) in [5.74, 6) is -4.17. The number of dihydropyridines is 1. The van der Waals surface area contributed by atoms with Crippen LogP contribution in [0.5, 0.6) is 5.75 Å². The Morgan fingerprint density at radius 1 is 1.43 bits per heavy atom. The average molecular weight is 322 g/mol. The van der Waals surface area contributed by atoms with Crippen LogP contribution in [-0.4, -0.2) is 22.0 Å². The Bertz CT molecular complexity index is 769. The zero-order valence-corrected chi connectivity index (χ0v) is 11.8. The molecule has 8 nitrogen and oxygen atoms in total. The van der Waals surface area contributed by atoms with Crippen LogP contribution in [0.2, 0.25) is 0 Å². The summed E-state index contributed by atoms with van der Waals surface area (Å²) in [5.41, 5.74) is -0.494. The summed E-state index contributed by atoms with van der Waals surface area (Å²) in [7, 11) is 0. The number of esters is 1. The van der Waals surface area contributed by atoms with Crippen molar-refractivity contribution < 1.29 is 28.7 Å².